The number of rotatable bonds is 2. The Balaban J connectivity index is 2.50. The van der Waals surface area contributed by atoms with Crippen molar-refractivity contribution in [3.63, 3.8) is 0 Å². The van der Waals surface area contributed by atoms with Crippen LogP contribution >= 0.6 is 0 Å². The third kappa shape index (κ3) is 2.20. The van der Waals surface area contributed by atoms with Crippen molar-refractivity contribution in [1.82, 2.24) is 0 Å². The highest BCUT2D eigenvalue weighted by Gasteiger charge is 2.31. The van der Waals surface area contributed by atoms with Crippen LogP contribution in [0.1, 0.15) is 40.0 Å². The summed E-state index contributed by atoms with van der Waals surface area (Å²) in [5, 5.41) is 8.73. The molecule has 0 radical (unpaired) electrons. The van der Waals surface area contributed by atoms with Crippen LogP contribution in [0.25, 0.3) is 0 Å². The molecular weight excluding hydrogens is 152 g/mol. The maximum Gasteiger partial charge on any atom is 0.0960 e. The molecule has 1 aliphatic rings. The van der Waals surface area contributed by atoms with Gasteiger partial charge in [0.25, 0.3) is 0 Å². The van der Waals surface area contributed by atoms with Crippen LogP contribution in [0, 0.1) is 17.8 Å². The van der Waals surface area contributed by atoms with E-state index in [1.54, 1.807) is 0 Å². The van der Waals surface area contributed by atoms with Crippen LogP contribution in [0.15, 0.2) is 0 Å². The summed E-state index contributed by atoms with van der Waals surface area (Å²) in [4.78, 5) is 4.54. The Kier molecular flexibility index (Phi) is 3.53. The highest BCUT2D eigenvalue weighted by molar-refractivity contribution is 4.80. The zero-order valence-electron chi connectivity index (χ0n) is 8.29. The van der Waals surface area contributed by atoms with Gasteiger partial charge in [0.1, 0.15) is 0 Å². The largest absolute Gasteiger partial charge is 0.252 e. The van der Waals surface area contributed by atoms with Gasteiger partial charge in [0.05, 0.1) is 6.10 Å². The fourth-order valence-corrected chi connectivity index (χ4v) is 2.24. The van der Waals surface area contributed by atoms with Crippen LogP contribution in [0.3, 0.4) is 0 Å². The summed E-state index contributed by atoms with van der Waals surface area (Å²) in [6, 6.07) is 0. The molecule has 0 spiro atoms. The monoisotopic (exact) mass is 172 g/mol. The Labute approximate surface area is 74.9 Å². The van der Waals surface area contributed by atoms with Gasteiger partial charge < -0.3 is 0 Å². The molecule has 1 fully saturated rings. The van der Waals surface area contributed by atoms with Gasteiger partial charge in [-0.1, -0.05) is 27.2 Å². The minimum Gasteiger partial charge on any atom is -0.252 e. The molecule has 0 heterocycles. The maximum atomic E-state index is 8.73. The van der Waals surface area contributed by atoms with Gasteiger partial charge in [0.2, 0.25) is 0 Å². The summed E-state index contributed by atoms with van der Waals surface area (Å²) in [7, 11) is 0. The van der Waals surface area contributed by atoms with Crippen molar-refractivity contribution in [3.8, 4) is 0 Å². The molecule has 12 heavy (non-hydrogen) atoms. The van der Waals surface area contributed by atoms with E-state index in [1.165, 1.54) is 12.8 Å². The molecule has 0 aliphatic heterocycles. The van der Waals surface area contributed by atoms with Gasteiger partial charge in [-0.05, 0) is 30.6 Å². The van der Waals surface area contributed by atoms with E-state index in [0.29, 0.717) is 17.8 Å². The van der Waals surface area contributed by atoms with E-state index in [0.717, 1.165) is 6.42 Å². The Hall–Kier alpha value is -0.0800. The van der Waals surface area contributed by atoms with E-state index in [-0.39, 0.29) is 6.10 Å². The molecule has 0 unspecified atom stereocenters. The quantitative estimate of drug-likeness (QED) is 0.512. The molecule has 0 amide bonds. The van der Waals surface area contributed by atoms with Gasteiger partial charge in [0.15, 0.2) is 0 Å². The molecule has 0 aromatic heterocycles. The second kappa shape index (κ2) is 4.24. The van der Waals surface area contributed by atoms with E-state index in [9.17, 15) is 0 Å². The van der Waals surface area contributed by atoms with E-state index >= 15 is 0 Å². The second-order valence-corrected chi connectivity index (χ2v) is 4.47. The van der Waals surface area contributed by atoms with Crippen molar-refractivity contribution in [2.45, 2.75) is 46.1 Å². The van der Waals surface area contributed by atoms with E-state index < -0.39 is 0 Å². The first-order valence-corrected chi connectivity index (χ1v) is 4.95. The van der Waals surface area contributed by atoms with E-state index in [4.69, 9.17) is 5.26 Å². The summed E-state index contributed by atoms with van der Waals surface area (Å²) in [5.41, 5.74) is 0. The predicted octanol–water partition coefficient (Wildman–Crippen LogP) is 2.94. The SMILES string of the molecule is CC(C)[C@@H]1CC[C@@H](C)C[C@H]1OO. The van der Waals surface area contributed by atoms with Gasteiger partial charge in [-0.3, -0.25) is 5.26 Å². The molecule has 1 rings (SSSR count). The van der Waals surface area contributed by atoms with Crippen molar-refractivity contribution in [2.75, 3.05) is 0 Å². The summed E-state index contributed by atoms with van der Waals surface area (Å²) >= 11 is 0. The topological polar surface area (TPSA) is 29.5 Å². The highest BCUT2D eigenvalue weighted by Crippen LogP contribution is 2.34. The van der Waals surface area contributed by atoms with Crippen LogP contribution in [0.4, 0.5) is 0 Å². The van der Waals surface area contributed by atoms with Gasteiger partial charge in [-0.25, -0.2) is 4.89 Å². The highest BCUT2D eigenvalue weighted by atomic mass is 17.1. The van der Waals surface area contributed by atoms with Crippen molar-refractivity contribution < 1.29 is 10.1 Å². The predicted molar refractivity (Wildman–Crippen MR) is 48.8 cm³/mol. The molecule has 0 aromatic rings. The third-order valence-electron chi connectivity index (χ3n) is 3.10. The lowest BCUT2D eigenvalue weighted by atomic mass is 9.75. The van der Waals surface area contributed by atoms with Gasteiger partial charge in [0, 0.05) is 0 Å². The van der Waals surface area contributed by atoms with Crippen molar-refractivity contribution in [1.29, 1.82) is 0 Å². The van der Waals surface area contributed by atoms with Crippen LogP contribution in [0.5, 0.6) is 0 Å². The average Bonchev–Trinajstić information content (AvgIpc) is 2.03. The first kappa shape index (κ1) is 10.0. The average molecular weight is 172 g/mol. The van der Waals surface area contributed by atoms with E-state index in [1.807, 2.05) is 0 Å². The van der Waals surface area contributed by atoms with Crippen LogP contribution < -0.4 is 0 Å². The molecule has 2 heteroatoms. The van der Waals surface area contributed by atoms with Gasteiger partial charge in [-0.15, -0.1) is 0 Å². The van der Waals surface area contributed by atoms with Crippen molar-refractivity contribution >= 4 is 0 Å². The molecule has 1 N–H and O–H groups in total. The Morgan fingerprint density at radius 3 is 2.50 bits per heavy atom. The Morgan fingerprint density at radius 2 is 2.00 bits per heavy atom. The summed E-state index contributed by atoms with van der Waals surface area (Å²) in [5.74, 6) is 1.87. The maximum absolute atomic E-state index is 8.73. The minimum absolute atomic E-state index is 0.0775. The molecular formula is C10H20O2. The van der Waals surface area contributed by atoms with Crippen molar-refractivity contribution in [2.24, 2.45) is 17.8 Å². The molecule has 1 aliphatic carbocycles. The molecule has 0 bridgehead atoms. The summed E-state index contributed by atoms with van der Waals surface area (Å²) < 4.78 is 0. The third-order valence-corrected chi connectivity index (χ3v) is 3.10. The van der Waals surface area contributed by atoms with Crippen LogP contribution in [-0.2, 0) is 4.89 Å². The Bertz CT molecular complexity index is 134. The lowest BCUT2D eigenvalue weighted by Crippen LogP contribution is -2.33. The van der Waals surface area contributed by atoms with Gasteiger partial charge >= 0.3 is 0 Å². The second-order valence-electron chi connectivity index (χ2n) is 4.47. The lowest BCUT2D eigenvalue weighted by Gasteiger charge is -2.34. The normalized spacial score (nSPS) is 37.2. The number of hydrogen-bond acceptors (Lipinski definition) is 2. The molecule has 72 valence electrons. The molecule has 0 aromatic carbocycles. The summed E-state index contributed by atoms with van der Waals surface area (Å²) in [6.45, 7) is 6.63. The zero-order chi connectivity index (χ0) is 9.14. The fraction of sp³-hybridized carbons (Fsp3) is 1.00. The lowest BCUT2D eigenvalue weighted by molar-refractivity contribution is -0.301. The number of hydrogen-bond donors (Lipinski definition) is 1. The first-order valence-electron chi connectivity index (χ1n) is 4.95. The minimum atomic E-state index is 0.0775. The van der Waals surface area contributed by atoms with E-state index in [2.05, 4.69) is 25.7 Å². The molecule has 1 saturated carbocycles. The molecule has 0 saturated heterocycles. The standard InChI is InChI=1S/C10H20O2/c1-7(2)9-5-4-8(3)6-10(9)12-11/h7-11H,4-6H2,1-3H3/t8-,9+,10-/m1/s1. The smallest absolute Gasteiger partial charge is 0.0960 e. The van der Waals surface area contributed by atoms with Crippen molar-refractivity contribution in [3.05, 3.63) is 0 Å². The zero-order valence-corrected chi connectivity index (χ0v) is 8.29. The molecule has 2 nitrogen and oxygen atoms in total. The summed E-state index contributed by atoms with van der Waals surface area (Å²) in [6.07, 6.45) is 3.57. The van der Waals surface area contributed by atoms with Crippen LogP contribution in [-0.4, -0.2) is 11.4 Å². The first-order chi connectivity index (χ1) is 5.65. The van der Waals surface area contributed by atoms with Crippen LogP contribution in [0.2, 0.25) is 0 Å². The Morgan fingerprint density at radius 1 is 1.33 bits per heavy atom. The van der Waals surface area contributed by atoms with Gasteiger partial charge in [-0.2, -0.15) is 0 Å². The fourth-order valence-electron chi connectivity index (χ4n) is 2.24. The molecule has 3 atom stereocenters.